The van der Waals surface area contributed by atoms with Crippen molar-refractivity contribution in [3.05, 3.63) is 0 Å². The molecule has 1 aliphatic rings. The number of amides is 1. The smallest absolute Gasteiger partial charge is 0.236 e. The molecule has 0 unspecified atom stereocenters. The molecule has 1 heterocycles. The van der Waals surface area contributed by atoms with Crippen LogP contribution in [-0.2, 0) is 4.79 Å². The first kappa shape index (κ1) is 10.7. The van der Waals surface area contributed by atoms with Gasteiger partial charge in [-0.15, -0.1) is 12.4 Å². The van der Waals surface area contributed by atoms with Crippen LogP contribution in [0.3, 0.4) is 0 Å². The van der Waals surface area contributed by atoms with E-state index < -0.39 is 0 Å². The third-order valence-corrected chi connectivity index (χ3v) is 1.79. The molecule has 0 aromatic rings. The number of rotatable bonds is 2. The lowest BCUT2D eigenvalue weighted by molar-refractivity contribution is -0.129. The van der Waals surface area contributed by atoms with Crippen molar-refractivity contribution in [1.82, 2.24) is 10.2 Å². The zero-order chi connectivity index (χ0) is 7.40. The minimum atomic E-state index is 0. The van der Waals surface area contributed by atoms with Gasteiger partial charge in [0.15, 0.2) is 0 Å². The Hall–Kier alpha value is -0.280. The molecule has 4 heteroatoms. The average Bonchev–Trinajstić information content (AvgIpc) is 2.38. The zero-order valence-electron chi connectivity index (χ0n) is 6.80. The number of likely N-dealkylation sites (N-methyl/N-ethyl adjacent to an activating group) is 1. The van der Waals surface area contributed by atoms with E-state index in [2.05, 4.69) is 5.32 Å². The first-order valence-corrected chi connectivity index (χ1v) is 3.77. The molecule has 11 heavy (non-hydrogen) atoms. The number of hydrogen-bond acceptors (Lipinski definition) is 2. The van der Waals surface area contributed by atoms with E-state index in [1.807, 2.05) is 4.90 Å². The Bertz CT molecular complexity index is 124. The van der Waals surface area contributed by atoms with Crippen LogP contribution in [-0.4, -0.2) is 37.5 Å². The first-order chi connectivity index (χ1) is 4.84. The van der Waals surface area contributed by atoms with Crippen molar-refractivity contribution in [3.8, 4) is 0 Å². The predicted octanol–water partition coefficient (Wildman–Crippen LogP) is 0.250. The number of hydrogen-bond donors (Lipinski definition) is 1. The molecule has 1 fully saturated rings. The Balaban J connectivity index is 0.000001000. The van der Waals surface area contributed by atoms with Gasteiger partial charge in [-0.1, -0.05) is 0 Å². The van der Waals surface area contributed by atoms with Crippen molar-refractivity contribution in [1.29, 1.82) is 0 Å². The van der Waals surface area contributed by atoms with Crippen LogP contribution in [0, 0.1) is 0 Å². The van der Waals surface area contributed by atoms with E-state index in [9.17, 15) is 4.79 Å². The normalized spacial score (nSPS) is 16.3. The van der Waals surface area contributed by atoms with Gasteiger partial charge >= 0.3 is 0 Å². The summed E-state index contributed by atoms with van der Waals surface area (Å²) in [7, 11) is 1.80. The Kier molecular flexibility index (Phi) is 5.24. The van der Waals surface area contributed by atoms with Crippen LogP contribution in [0.1, 0.15) is 12.8 Å². The number of nitrogens with zero attached hydrogens (tertiary/aromatic N) is 1. The maximum atomic E-state index is 11.1. The number of halogens is 1. The molecule has 0 aliphatic carbocycles. The highest BCUT2D eigenvalue weighted by Gasteiger charge is 2.15. The van der Waals surface area contributed by atoms with Crippen LogP contribution < -0.4 is 5.32 Å². The highest BCUT2D eigenvalue weighted by molar-refractivity contribution is 5.85. The van der Waals surface area contributed by atoms with E-state index in [1.54, 1.807) is 7.05 Å². The minimum Gasteiger partial charge on any atom is -0.342 e. The van der Waals surface area contributed by atoms with Crippen LogP contribution in [0.4, 0.5) is 0 Å². The van der Waals surface area contributed by atoms with Crippen LogP contribution >= 0.6 is 12.4 Å². The van der Waals surface area contributed by atoms with E-state index in [1.165, 1.54) is 12.8 Å². The molecule has 1 saturated heterocycles. The highest BCUT2D eigenvalue weighted by atomic mass is 35.5. The Morgan fingerprint density at radius 2 is 2.00 bits per heavy atom. The summed E-state index contributed by atoms with van der Waals surface area (Å²) in [5.41, 5.74) is 0. The second-order valence-electron chi connectivity index (χ2n) is 2.62. The molecular weight excluding hydrogens is 164 g/mol. The summed E-state index contributed by atoms with van der Waals surface area (Å²) in [5.74, 6) is 0.236. The third-order valence-electron chi connectivity index (χ3n) is 1.79. The molecular formula is C7H15ClN2O. The Morgan fingerprint density at radius 3 is 2.45 bits per heavy atom. The molecule has 0 radical (unpaired) electrons. The van der Waals surface area contributed by atoms with E-state index in [-0.39, 0.29) is 18.3 Å². The molecule has 0 aromatic heterocycles. The van der Waals surface area contributed by atoms with Crippen molar-refractivity contribution in [3.63, 3.8) is 0 Å². The molecule has 0 saturated carbocycles. The SMILES string of the molecule is CNCC(=O)N1CCCC1.Cl. The van der Waals surface area contributed by atoms with Gasteiger partial charge in [-0.3, -0.25) is 4.79 Å². The first-order valence-electron chi connectivity index (χ1n) is 3.77. The van der Waals surface area contributed by atoms with Gasteiger partial charge in [-0.25, -0.2) is 0 Å². The fourth-order valence-electron chi connectivity index (χ4n) is 1.23. The predicted molar refractivity (Wildman–Crippen MR) is 47.0 cm³/mol. The van der Waals surface area contributed by atoms with Crippen molar-refractivity contribution < 1.29 is 4.79 Å². The lowest BCUT2D eigenvalue weighted by atomic mass is 10.4. The summed E-state index contributed by atoms with van der Waals surface area (Å²) >= 11 is 0. The molecule has 1 rings (SSSR count). The van der Waals surface area contributed by atoms with Crippen LogP contribution in [0.2, 0.25) is 0 Å². The van der Waals surface area contributed by atoms with Crippen LogP contribution in [0.25, 0.3) is 0 Å². The lowest BCUT2D eigenvalue weighted by Crippen LogP contribution is -2.34. The summed E-state index contributed by atoms with van der Waals surface area (Å²) in [6, 6.07) is 0. The summed E-state index contributed by atoms with van der Waals surface area (Å²) in [6.45, 7) is 2.40. The molecule has 0 aromatic carbocycles. The fraction of sp³-hybridized carbons (Fsp3) is 0.857. The van der Waals surface area contributed by atoms with Gasteiger partial charge in [-0.2, -0.15) is 0 Å². The summed E-state index contributed by atoms with van der Waals surface area (Å²) < 4.78 is 0. The van der Waals surface area contributed by atoms with Gasteiger partial charge in [0.25, 0.3) is 0 Å². The van der Waals surface area contributed by atoms with Gasteiger partial charge in [0.1, 0.15) is 0 Å². The van der Waals surface area contributed by atoms with E-state index in [0.29, 0.717) is 6.54 Å². The lowest BCUT2D eigenvalue weighted by Gasteiger charge is -2.13. The third kappa shape index (κ3) is 3.08. The topological polar surface area (TPSA) is 32.3 Å². The standard InChI is InChI=1S/C7H14N2O.ClH/c1-8-6-7(10)9-4-2-3-5-9;/h8H,2-6H2,1H3;1H. The second kappa shape index (κ2) is 5.38. The minimum absolute atomic E-state index is 0. The highest BCUT2D eigenvalue weighted by Crippen LogP contribution is 2.06. The monoisotopic (exact) mass is 178 g/mol. The number of carbonyl (C=O) groups excluding carboxylic acids is 1. The second-order valence-corrected chi connectivity index (χ2v) is 2.62. The molecule has 66 valence electrons. The molecule has 0 bridgehead atoms. The average molecular weight is 179 g/mol. The van der Waals surface area contributed by atoms with Crippen molar-refractivity contribution in [2.45, 2.75) is 12.8 Å². The van der Waals surface area contributed by atoms with Crippen LogP contribution in [0.15, 0.2) is 0 Å². The summed E-state index contributed by atoms with van der Waals surface area (Å²) in [6.07, 6.45) is 2.35. The fourth-order valence-corrected chi connectivity index (χ4v) is 1.23. The summed E-state index contributed by atoms with van der Waals surface area (Å²) in [4.78, 5) is 13.0. The van der Waals surface area contributed by atoms with Gasteiger partial charge in [0.2, 0.25) is 5.91 Å². The quantitative estimate of drug-likeness (QED) is 0.658. The molecule has 1 N–H and O–H groups in total. The molecule has 3 nitrogen and oxygen atoms in total. The number of nitrogens with one attached hydrogen (secondary N) is 1. The molecule has 1 amide bonds. The van der Waals surface area contributed by atoms with Gasteiger partial charge < -0.3 is 10.2 Å². The maximum absolute atomic E-state index is 11.1. The molecule has 0 atom stereocenters. The molecule has 0 spiro atoms. The van der Waals surface area contributed by atoms with Crippen molar-refractivity contribution >= 4 is 18.3 Å². The molecule has 1 aliphatic heterocycles. The van der Waals surface area contributed by atoms with E-state index in [0.717, 1.165) is 13.1 Å². The van der Waals surface area contributed by atoms with E-state index >= 15 is 0 Å². The van der Waals surface area contributed by atoms with Crippen LogP contribution in [0.5, 0.6) is 0 Å². The zero-order valence-corrected chi connectivity index (χ0v) is 7.62. The summed E-state index contributed by atoms with van der Waals surface area (Å²) in [5, 5.41) is 2.85. The van der Waals surface area contributed by atoms with E-state index in [4.69, 9.17) is 0 Å². The number of carbonyl (C=O) groups is 1. The Morgan fingerprint density at radius 1 is 1.45 bits per heavy atom. The largest absolute Gasteiger partial charge is 0.342 e. The Labute approximate surface area is 73.5 Å². The van der Waals surface area contributed by atoms with Gasteiger partial charge in [0.05, 0.1) is 6.54 Å². The van der Waals surface area contributed by atoms with Crippen molar-refractivity contribution in [2.75, 3.05) is 26.7 Å². The maximum Gasteiger partial charge on any atom is 0.236 e. The number of likely N-dealkylation sites (tertiary alicyclic amines) is 1. The van der Waals surface area contributed by atoms with Gasteiger partial charge in [-0.05, 0) is 19.9 Å². The van der Waals surface area contributed by atoms with Crippen molar-refractivity contribution in [2.24, 2.45) is 0 Å². The van der Waals surface area contributed by atoms with Gasteiger partial charge in [0, 0.05) is 13.1 Å².